The van der Waals surface area contributed by atoms with E-state index in [4.69, 9.17) is 0 Å². The molecule has 9 heavy (non-hydrogen) atoms. The Morgan fingerprint density at radius 2 is 1.22 bits per heavy atom. The van der Waals surface area contributed by atoms with Gasteiger partial charge in [-0.1, -0.05) is 20.8 Å². The molecule has 0 atom stereocenters. The maximum absolute atomic E-state index is 4.64. The standard InChI is InChI=1S/C4H9.2BrH.ClH.Li.Mg/c1-4(2)3;;;;;/h1-3H3;3*1H;;/q;;;;+1;+2/p-3. The Morgan fingerprint density at radius 1 is 1.22 bits per heavy atom. The Labute approximate surface area is 93.6 Å². The quantitative estimate of drug-likeness (QED) is 0.599. The van der Waals surface area contributed by atoms with E-state index in [-0.39, 0.29) is 16.0 Å². The molecule has 0 aliphatic carbocycles. The van der Waals surface area contributed by atoms with Crippen LogP contribution in [0, 0.1) is 5.92 Å². The molecule has 0 saturated carbocycles. The van der Waals surface area contributed by atoms with Gasteiger partial charge in [0.2, 0.25) is 0 Å². The van der Waals surface area contributed by atoms with Crippen LogP contribution in [0.3, 0.4) is 0 Å². The number of halogens is 3. The number of hydrogen-bond donors (Lipinski definition) is 0. The first-order valence-corrected chi connectivity index (χ1v) is 11.0. The van der Waals surface area contributed by atoms with Gasteiger partial charge in [0.05, 0.1) is 0 Å². The first kappa shape index (κ1) is 17.6. The van der Waals surface area contributed by atoms with Crippen LogP contribution in [0.25, 0.3) is 0 Å². The molecule has 0 aliphatic rings. The normalized spacial score (nSPS) is 5.89. The Balaban J connectivity index is -0.0000000646. The van der Waals surface area contributed by atoms with Crippen LogP contribution in [0.2, 0.25) is 0 Å². The van der Waals surface area contributed by atoms with Gasteiger partial charge in [-0.05, 0) is 5.92 Å². The zero-order valence-electron chi connectivity index (χ0n) is 6.34. The molecule has 0 unspecified atom stereocenters. The third kappa shape index (κ3) is 115. The summed E-state index contributed by atoms with van der Waals surface area (Å²) >= 11 is 7.92. The molecule has 0 amide bonds. The van der Waals surface area contributed by atoms with Gasteiger partial charge in [0, 0.05) is 0 Å². The van der Waals surface area contributed by atoms with Gasteiger partial charge in [0.25, 0.3) is 0 Å². The van der Waals surface area contributed by atoms with Crippen molar-refractivity contribution in [3.05, 3.63) is 5.92 Å². The molecular formula is C4H9Br2ClLiMg. The van der Waals surface area contributed by atoms with Crippen molar-refractivity contribution in [1.29, 1.82) is 0 Å². The van der Waals surface area contributed by atoms with Crippen LogP contribution < -0.4 is 0 Å². The van der Waals surface area contributed by atoms with Gasteiger partial charge in [-0.2, -0.15) is 0 Å². The first-order chi connectivity index (χ1) is 4.15. The molecule has 0 spiro atoms. The zero-order chi connectivity index (χ0) is 8.28. The molecule has 0 aliphatic heterocycles. The summed E-state index contributed by atoms with van der Waals surface area (Å²) in [6.07, 6.45) is 0. The van der Waals surface area contributed by atoms with Crippen LogP contribution in [-0.2, 0) is 0 Å². The third-order valence-electron chi connectivity index (χ3n) is 0. The average Bonchev–Trinajstić information content (AvgIpc) is 1.71. The van der Waals surface area contributed by atoms with E-state index in [0.717, 1.165) is 0 Å². The van der Waals surface area contributed by atoms with Crippen molar-refractivity contribution in [2.45, 2.75) is 20.8 Å². The van der Waals surface area contributed by atoms with E-state index in [1.807, 2.05) is 0 Å². The van der Waals surface area contributed by atoms with Crippen LogP contribution in [-0.4, -0.2) is 32.8 Å². The molecule has 0 heterocycles. The number of rotatable bonds is 0. The summed E-state index contributed by atoms with van der Waals surface area (Å²) in [5, 5.41) is 0. The number of hydrogen-bond acceptors (Lipinski definition) is 0. The second-order valence-corrected chi connectivity index (χ2v) is 9.68. The molecule has 1 radical (unpaired) electrons. The molecule has 49 valence electrons. The second-order valence-electron chi connectivity index (χ2n) is 1.60. The van der Waals surface area contributed by atoms with Gasteiger partial charge in [-0.3, -0.25) is 25.8 Å². The van der Waals surface area contributed by atoms with E-state index in [2.05, 4.69) is 56.3 Å². The van der Waals surface area contributed by atoms with Crippen molar-refractivity contribution < 1.29 is 0 Å². The summed E-state index contributed by atoms with van der Waals surface area (Å²) in [7, 11) is 4.64. The fourth-order valence-electron chi connectivity index (χ4n) is 0. The van der Waals surface area contributed by atoms with Crippen molar-refractivity contribution >= 4 is 68.3 Å². The maximum atomic E-state index is 4.64. The summed E-state index contributed by atoms with van der Waals surface area (Å²) in [6.45, 7) is 6.25. The minimum absolute atomic E-state index is 0.0417. The van der Waals surface area contributed by atoms with Gasteiger partial charge in [-0.25, -0.2) is 0 Å². The fraction of sp³-hybridized carbons (Fsp3) is 0.750. The second kappa shape index (κ2) is 22.4. The van der Waals surface area contributed by atoms with Crippen LogP contribution in [0.5, 0.6) is 0 Å². The summed E-state index contributed by atoms with van der Waals surface area (Å²) in [5.41, 5.74) is 0. The van der Waals surface area contributed by atoms with Crippen molar-refractivity contribution in [2.75, 3.05) is 0 Å². The van der Waals surface area contributed by atoms with Crippen molar-refractivity contribution in [2.24, 2.45) is 0 Å². The third-order valence-corrected chi connectivity index (χ3v) is 0. The summed E-state index contributed by atoms with van der Waals surface area (Å²) < 4.78 is 0. The Hall–Kier alpha value is 2.61. The average molecular weight is 284 g/mol. The summed E-state index contributed by atoms with van der Waals surface area (Å²) in [5.74, 6) is 1.42. The van der Waals surface area contributed by atoms with E-state index in [0.29, 0.717) is 0 Å². The van der Waals surface area contributed by atoms with Gasteiger partial charge in [0.15, 0.2) is 0 Å². The van der Waals surface area contributed by atoms with E-state index in [1.54, 1.807) is 0 Å². The Kier molecular flexibility index (Phi) is 43.9. The molecule has 0 aromatic carbocycles. The monoisotopic (exact) mass is 281 g/mol. The SMILES string of the molecule is C[C](C)C.[Br][Mg][Br].[Li][Cl]. The van der Waals surface area contributed by atoms with E-state index < -0.39 is 0 Å². The zero-order valence-corrected chi connectivity index (χ0v) is 11.7. The van der Waals surface area contributed by atoms with Gasteiger partial charge < -0.3 is 0 Å². The van der Waals surface area contributed by atoms with Gasteiger partial charge >= 0.3 is 42.6 Å². The van der Waals surface area contributed by atoms with Crippen molar-refractivity contribution in [1.82, 2.24) is 0 Å². The molecule has 0 aromatic heterocycles. The van der Waals surface area contributed by atoms with Crippen molar-refractivity contribution in [3.63, 3.8) is 0 Å². The molecule has 0 fully saturated rings. The van der Waals surface area contributed by atoms with Crippen LogP contribution >= 0.6 is 35.6 Å². The van der Waals surface area contributed by atoms with Crippen LogP contribution in [0.4, 0.5) is 0 Å². The van der Waals surface area contributed by atoms with Crippen molar-refractivity contribution in [3.8, 4) is 0 Å². The van der Waals surface area contributed by atoms with E-state index in [9.17, 15) is 0 Å². The molecule has 0 bridgehead atoms. The molecule has 0 rings (SSSR count). The first-order valence-electron chi connectivity index (χ1n) is 2.41. The Bertz CT molecular complexity index is 29.8. The predicted octanol–water partition coefficient (Wildman–Crippen LogP) is 3.24. The fourth-order valence-corrected chi connectivity index (χ4v) is 0. The molecular weight excluding hydrogens is 275 g/mol. The molecule has 0 nitrogen and oxygen atoms in total. The van der Waals surface area contributed by atoms with E-state index >= 15 is 0 Å². The minimum atomic E-state index is 0.0417. The predicted molar refractivity (Wildman–Crippen MR) is 55.5 cm³/mol. The summed E-state index contributed by atoms with van der Waals surface area (Å²) in [6, 6.07) is 0. The summed E-state index contributed by atoms with van der Waals surface area (Å²) in [4.78, 5) is 0. The van der Waals surface area contributed by atoms with E-state index in [1.165, 1.54) is 22.7 Å². The molecule has 5 heteroatoms. The van der Waals surface area contributed by atoms with Gasteiger partial charge in [0.1, 0.15) is 0 Å². The van der Waals surface area contributed by atoms with Crippen LogP contribution in [0.15, 0.2) is 0 Å². The molecule has 0 N–H and O–H groups in total. The molecule has 0 saturated heterocycles. The van der Waals surface area contributed by atoms with Gasteiger partial charge in [-0.15, -0.1) is 0 Å². The van der Waals surface area contributed by atoms with Crippen LogP contribution in [0.1, 0.15) is 20.8 Å². The molecule has 0 aromatic rings. The topological polar surface area (TPSA) is 0 Å². The Morgan fingerprint density at radius 3 is 1.22 bits per heavy atom.